The van der Waals surface area contributed by atoms with Crippen LogP contribution in [0.15, 0.2) is 12.3 Å². The van der Waals surface area contributed by atoms with Crippen LogP contribution in [0.3, 0.4) is 0 Å². The van der Waals surface area contributed by atoms with Crippen molar-refractivity contribution in [3.63, 3.8) is 0 Å². The van der Waals surface area contributed by atoms with E-state index in [1.807, 2.05) is 11.9 Å². The van der Waals surface area contributed by atoms with E-state index in [1.165, 1.54) is 12.3 Å². The number of nitrogens with one attached hydrogen (secondary N) is 1. The number of rotatable bonds is 3. The van der Waals surface area contributed by atoms with E-state index in [2.05, 4.69) is 17.2 Å². The normalized spacial score (nSPS) is 18.4. The number of nitrogens with zero attached hydrogens (tertiary/aromatic N) is 3. The summed E-state index contributed by atoms with van der Waals surface area (Å²) in [5, 5.41) is 14.6. The van der Waals surface area contributed by atoms with Gasteiger partial charge in [-0.15, -0.1) is 0 Å². The molecule has 0 unspecified atom stereocenters. The van der Waals surface area contributed by atoms with Crippen LogP contribution in [-0.4, -0.2) is 35.6 Å². The number of hydrogen-bond donors (Lipinski definition) is 1. The van der Waals surface area contributed by atoms with Crippen molar-refractivity contribution in [3.8, 4) is 0 Å². The molecule has 19 heavy (non-hydrogen) atoms. The Morgan fingerprint density at radius 3 is 2.68 bits per heavy atom. The highest BCUT2D eigenvalue weighted by atomic mass is 35.5. The zero-order chi connectivity index (χ0) is 14.0. The van der Waals surface area contributed by atoms with Gasteiger partial charge in [0.1, 0.15) is 0 Å². The molecule has 1 aromatic heterocycles. The van der Waals surface area contributed by atoms with Crippen LogP contribution in [0.4, 0.5) is 11.5 Å². The van der Waals surface area contributed by atoms with Crippen LogP contribution in [0, 0.1) is 10.1 Å². The molecule has 0 saturated carbocycles. The number of nitro groups is 1. The molecule has 1 N–H and O–H groups in total. The van der Waals surface area contributed by atoms with Gasteiger partial charge in [-0.05, 0) is 26.8 Å². The summed E-state index contributed by atoms with van der Waals surface area (Å²) >= 11 is 5.77. The smallest absolute Gasteiger partial charge is 0.313 e. The second kappa shape index (κ2) is 5.30. The molecule has 1 saturated heterocycles. The fourth-order valence-electron chi connectivity index (χ4n) is 2.26. The number of anilines is 1. The molecule has 1 aliphatic heterocycles. The molecule has 2 heterocycles. The average molecular weight is 285 g/mol. The first-order chi connectivity index (χ1) is 8.95. The Morgan fingerprint density at radius 1 is 1.53 bits per heavy atom. The quantitative estimate of drug-likeness (QED) is 0.681. The molecule has 0 radical (unpaired) electrons. The SMILES string of the molecule is CNC1(C)CCN(c2ncc(Cl)cc2[N+](=O)[O-])CC1. The first kappa shape index (κ1) is 14.0. The van der Waals surface area contributed by atoms with Gasteiger partial charge in [0.05, 0.1) is 9.95 Å². The molecule has 2 rings (SSSR count). The molecule has 1 aromatic rings. The number of pyridine rings is 1. The molecule has 7 heteroatoms. The third-order valence-electron chi connectivity index (χ3n) is 3.78. The van der Waals surface area contributed by atoms with Gasteiger partial charge in [-0.3, -0.25) is 10.1 Å². The van der Waals surface area contributed by atoms with E-state index in [0.717, 1.165) is 25.9 Å². The summed E-state index contributed by atoms with van der Waals surface area (Å²) in [5.41, 5.74) is 0.0677. The highest BCUT2D eigenvalue weighted by Crippen LogP contribution is 2.32. The zero-order valence-electron chi connectivity index (χ0n) is 11.0. The zero-order valence-corrected chi connectivity index (χ0v) is 11.8. The van der Waals surface area contributed by atoms with Gasteiger partial charge in [-0.1, -0.05) is 11.6 Å². The molecule has 1 fully saturated rings. The van der Waals surface area contributed by atoms with Gasteiger partial charge in [-0.25, -0.2) is 4.98 Å². The Balaban J connectivity index is 2.22. The lowest BCUT2D eigenvalue weighted by molar-refractivity contribution is -0.384. The van der Waals surface area contributed by atoms with Gasteiger partial charge in [-0.2, -0.15) is 0 Å². The average Bonchev–Trinajstić information content (AvgIpc) is 2.40. The minimum absolute atomic E-state index is 0.0273. The van der Waals surface area contributed by atoms with Gasteiger partial charge in [0.2, 0.25) is 5.82 Å². The van der Waals surface area contributed by atoms with E-state index in [1.54, 1.807) is 0 Å². The number of halogens is 1. The maximum atomic E-state index is 11.1. The first-order valence-electron chi connectivity index (χ1n) is 6.19. The molecule has 0 aliphatic carbocycles. The van der Waals surface area contributed by atoms with Crippen molar-refractivity contribution in [2.75, 3.05) is 25.0 Å². The van der Waals surface area contributed by atoms with Crippen molar-refractivity contribution in [1.29, 1.82) is 0 Å². The standard InChI is InChI=1S/C12H17ClN4O2/c1-12(14-2)3-5-16(6-4-12)11-10(17(18)19)7-9(13)8-15-11/h7-8,14H,3-6H2,1-2H3. The molecule has 0 amide bonds. The Kier molecular flexibility index (Phi) is 3.91. The molecule has 0 atom stereocenters. The maximum Gasteiger partial charge on any atom is 0.313 e. The third-order valence-corrected chi connectivity index (χ3v) is 3.99. The minimum atomic E-state index is -0.430. The summed E-state index contributed by atoms with van der Waals surface area (Å²) in [5.74, 6) is 0.410. The van der Waals surface area contributed by atoms with Crippen molar-refractivity contribution >= 4 is 23.1 Å². The molecular formula is C12H17ClN4O2. The van der Waals surface area contributed by atoms with Gasteiger partial charge in [0.15, 0.2) is 0 Å². The van der Waals surface area contributed by atoms with Crippen LogP contribution in [0.25, 0.3) is 0 Å². The summed E-state index contributed by atoms with van der Waals surface area (Å²) in [6.45, 7) is 3.65. The van der Waals surface area contributed by atoms with E-state index in [4.69, 9.17) is 11.6 Å². The summed E-state index contributed by atoms with van der Waals surface area (Å²) in [6, 6.07) is 1.36. The molecular weight excluding hydrogens is 268 g/mol. The van der Waals surface area contributed by atoms with Gasteiger partial charge in [0.25, 0.3) is 0 Å². The monoisotopic (exact) mass is 284 g/mol. The predicted octanol–water partition coefficient (Wildman–Crippen LogP) is 2.22. The van der Waals surface area contributed by atoms with Crippen LogP contribution < -0.4 is 10.2 Å². The second-order valence-electron chi connectivity index (χ2n) is 5.05. The molecule has 0 spiro atoms. The summed E-state index contributed by atoms with van der Waals surface area (Å²) in [6.07, 6.45) is 3.30. The molecule has 1 aliphatic rings. The Labute approximate surface area is 116 Å². The van der Waals surface area contributed by atoms with Crippen molar-refractivity contribution in [3.05, 3.63) is 27.4 Å². The second-order valence-corrected chi connectivity index (χ2v) is 5.49. The Hall–Kier alpha value is -1.40. The van der Waals surface area contributed by atoms with Crippen LogP contribution in [0.1, 0.15) is 19.8 Å². The summed E-state index contributed by atoms with van der Waals surface area (Å²) in [7, 11) is 1.94. The van der Waals surface area contributed by atoms with Gasteiger partial charge < -0.3 is 10.2 Å². The molecule has 104 valence electrons. The molecule has 6 nitrogen and oxygen atoms in total. The lowest BCUT2D eigenvalue weighted by atomic mass is 9.90. The summed E-state index contributed by atoms with van der Waals surface area (Å²) < 4.78 is 0. The van der Waals surface area contributed by atoms with E-state index < -0.39 is 4.92 Å². The van der Waals surface area contributed by atoms with Crippen molar-refractivity contribution in [1.82, 2.24) is 10.3 Å². The first-order valence-corrected chi connectivity index (χ1v) is 6.57. The minimum Gasteiger partial charge on any atom is -0.351 e. The van der Waals surface area contributed by atoms with Crippen LogP contribution in [-0.2, 0) is 0 Å². The lowest BCUT2D eigenvalue weighted by Crippen LogP contribution is -2.50. The maximum absolute atomic E-state index is 11.1. The fraction of sp³-hybridized carbons (Fsp3) is 0.583. The third kappa shape index (κ3) is 2.96. The van der Waals surface area contributed by atoms with Crippen LogP contribution in [0.2, 0.25) is 5.02 Å². The van der Waals surface area contributed by atoms with Crippen molar-refractivity contribution < 1.29 is 4.92 Å². The van der Waals surface area contributed by atoms with E-state index in [9.17, 15) is 10.1 Å². The van der Waals surface area contributed by atoms with Crippen molar-refractivity contribution in [2.45, 2.75) is 25.3 Å². The predicted molar refractivity (Wildman–Crippen MR) is 74.8 cm³/mol. The Bertz CT molecular complexity index is 487. The van der Waals surface area contributed by atoms with E-state index >= 15 is 0 Å². The Morgan fingerprint density at radius 2 is 2.16 bits per heavy atom. The lowest BCUT2D eigenvalue weighted by Gasteiger charge is -2.39. The molecule has 0 bridgehead atoms. The highest BCUT2D eigenvalue weighted by Gasteiger charge is 2.31. The van der Waals surface area contributed by atoms with E-state index in [-0.39, 0.29) is 16.2 Å². The molecule has 0 aromatic carbocycles. The van der Waals surface area contributed by atoms with Crippen LogP contribution in [0.5, 0.6) is 0 Å². The fourth-order valence-corrected chi connectivity index (χ4v) is 2.41. The largest absolute Gasteiger partial charge is 0.351 e. The number of hydrogen-bond acceptors (Lipinski definition) is 5. The number of piperidine rings is 1. The van der Waals surface area contributed by atoms with Crippen molar-refractivity contribution in [2.24, 2.45) is 0 Å². The van der Waals surface area contributed by atoms with Gasteiger partial charge in [0, 0.05) is 30.9 Å². The number of aromatic nitrogens is 1. The summed E-state index contributed by atoms with van der Waals surface area (Å²) in [4.78, 5) is 16.7. The highest BCUT2D eigenvalue weighted by molar-refractivity contribution is 6.30. The van der Waals surface area contributed by atoms with Crippen LogP contribution >= 0.6 is 11.6 Å². The van der Waals surface area contributed by atoms with E-state index in [0.29, 0.717) is 5.82 Å². The topological polar surface area (TPSA) is 71.3 Å². The van der Waals surface area contributed by atoms with Gasteiger partial charge >= 0.3 is 5.69 Å².